The third kappa shape index (κ3) is 13.1. The molecular formula is C104H76N8O4+4. The van der Waals surface area contributed by atoms with Crippen LogP contribution in [0.2, 0.25) is 0 Å². The molecule has 12 heteroatoms. The summed E-state index contributed by atoms with van der Waals surface area (Å²) in [6.07, 6.45) is 8.15. The number of nitrogens with zero attached hydrogens (tertiary/aromatic N) is 8. The molecule has 0 aliphatic heterocycles. The molecular weight excluding hydrogens is 1430 g/mol. The second kappa shape index (κ2) is 30.9. The maximum Gasteiger partial charge on any atom is 0.229 e. The molecule has 20 rings (SSSR count). The van der Waals surface area contributed by atoms with E-state index in [-0.39, 0.29) is 0 Å². The summed E-state index contributed by atoms with van der Waals surface area (Å²) in [5.41, 5.74) is 30.3. The smallest absolute Gasteiger partial charge is 0.229 e. The molecule has 0 radical (unpaired) electrons. The number of aryl methyl sites for hydroxylation is 8. The molecule has 8 heterocycles. The molecule has 0 atom stereocenters. The largest absolute Gasteiger partial charge is 0.466 e. The molecule has 0 saturated carbocycles. The molecule has 0 spiro atoms. The maximum atomic E-state index is 9.92. The number of nitriles is 1. The number of benzene rings is 12. The van der Waals surface area contributed by atoms with E-state index in [0.717, 1.165) is 194 Å². The first-order valence-corrected chi connectivity index (χ1v) is 38.2. The molecule has 0 saturated heterocycles. The second-order valence-electron chi connectivity index (χ2n) is 29.0. The SMILES string of the molecule is Cc1cc(C#N)c2c(oc3cccc(-c4ccccc4)c32)c1-c1cccc[n+]1C.[C-]#[N+]c1cc(-c2ccccc2)c2c(c1)oc1c(-c3cccc[n+]3C)c(C)ccc12.[C-]#[N+]c1ccc2oc3c(-c4cccc[n+]4C)c(C)ccc3c2c1-c1ccccc1.[C-]#[N+]c1cccc2c1oc1c(-c3cccc[n+]3C)c(C)cc(-c3ccccc3)c12. The van der Waals surface area contributed by atoms with Crippen LogP contribution in [0.25, 0.3) is 192 Å². The Morgan fingerprint density at radius 3 is 1.21 bits per heavy atom. The zero-order chi connectivity index (χ0) is 79.8. The van der Waals surface area contributed by atoms with E-state index < -0.39 is 0 Å². The van der Waals surface area contributed by atoms with Gasteiger partial charge in [0.1, 0.15) is 67.3 Å². The van der Waals surface area contributed by atoms with Gasteiger partial charge in [0, 0.05) is 91.6 Å². The maximum absolute atomic E-state index is 9.92. The Hall–Kier alpha value is -15.6. The molecule has 0 amide bonds. The lowest BCUT2D eigenvalue weighted by atomic mass is 9.92. The minimum atomic E-state index is 0.541. The number of hydrogen-bond donors (Lipinski definition) is 0. The molecule has 12 nitrogen and oxygen atoms in total. The van der Waals surface area contributed by atoms with Gasteiger partial charge < -0.3 is 17.7 Å². The molecule has 0 fully saturated rings. The highest BCUT2D eigenvalue weighted by Gasteiger charge is 2.29. The fourth-order valence-corrected chi connectivity index (χ4v) is 16.5. The molecule has 0 N–H and O–H groups in total. The monoisotopic (exact) mass is 1500 g/mol. The van der Waals surface area contributed by atoms with Crippen LogP contribution in [-0.2, 0) is 28.2 Å². The van der Waals surface area contributed by atoms with Crippen molar-refractivity contribution in [2.75, 3.05) is 0 Å². The van der Waals surface area contributed by atoms with Crippen LogP contribution in [-0.4, -0.2) is 0 Å². The van der Waals surface area contributed by atoms with E-state index in [1.807, 2.05) is 230 Å². The van der Waals surface area contributed by atoms with Gasteiger partial charge in [-0.15, -0.1) is 0 Å². The highest BCUT2D eigenvalue weighted by molar-refractivity contribution is 6.22. The number of pyridine rings is 4. The number of hydrogen-bond acceptors (Lipinski definition) is 5. The normalized spacial score (nSPS) is 11.1. The van der Waals surface area contributed by atoms with Gasteiger partial charge in [0.05, 0.1) is 53.6 Å². The lowest BCUT2D eigenvalue weighted by Gasteiger charge is -2.10. The Bertz CT molecular complexity index is 7410. The third-order valence-corrected chi connectivity index (χ3v) is 21.9. The van der Waals surface area contributed by atoms with Gasteiger partial charge in [0.15, 0.2) is 41.7 Å². The fourth-order valence-electron chi connectivity index (χ4n) is 16.5. The van der Waals surface area contributed by atoms with Crippen molar-refractivity contribution in [3.63, 3.8) is 0 Å². The Kier molecular flexibility index (Phi) is 19.5. The highest BCUT2D eigenvalue weighted by atomic mass is 16.3. The fraction of sp³-hybridized carbons (Fsp3) is 0.0769. The van der Waals surface area contributed by atoms with E-state index in [1.165, 1.54) is 0 Å². The van der Waals surface area contributed by atoms with Crippen molar-refractivity contribution < 1.29 is 35.9 Å². The van der Waals surface area contributed by atoms with Crippen LogP contribution in [0.15, 0.2) is 334 Å². The van der Waals surface area contributed by atoms with Crippen molar-refractivity contribution in [2.24, 2.45) is 28.2 Å². The van der Waals surface area contributed by atoms with Gasteiger partial charge in [-0.05, 0) is 155 Å². The van der Waals surface area contributed by atoms with Gasteiger partial charge in [-0.3, -0.25) is 0 Å². The summed E-state index contributed by atoms with van der Waals surface area (Å²) < 4.78 is 34.1. The Labute approximate surface area is 671 Å². The predicted octanol–water partition coefficient (Wildman–Crippen LogP) is 25.7. The summed E-state index contributed by atoms with van der Waals surface area (Å²) in [6.45, 7) is 31.2. The molecule has 0 aliphatic carbocycles. The lowest BCUT2D eigenvalue weighted by Crippen LogP contribution is -2.30. The molecule has 12 aromatic carbocycles. The molecule has 8 aromatic heterocycles. The van der Waals surface area contributed by atoms with Gasteiger partial charge in [-0.2, -0.15) is 5.26 Å². The molecule has 116 heavy (non-hydrogen) atoms. The highest BCUT2D eigenvalue weighted by Crippen LogP contribution is 2.49. The number of rotatable bonds is 8. The van der Waals surface area contributed by atoms with E-state index in [0.29, 0.717) is 28.2 Å². The van der Waals surface area contributed by atoms with Crippen LogP contribution in [0.1, 0.15) is 27.8 Å². The van der Waals surface area contributed by atoms with Gasteiger partial charge in [-0.1, -0.05) is 182 Å². The van der Waals surface area contributed by atoms with Crippen molar-refractivity contribution >= 4 is 105 Å². The molecule has 0 bridgehead atoms. The first-order valence-electron chi connectivity index (χ1n) is 38.2. The standard InChI is InChI=1S/4C26H19N2O/c1-17-16-20(18-10-5-4-6-11-18)24-19-12-9-13-21(27-2)25(19)29-26(24)23(17)22-14-7-8-15-28(22)3;1-17-12-13-19-25-22(29-26(19)23(17)21-11-7-8-16-28(21)3)15-14-20(27-2)24(25)18-9-5-4-6-10-18;1-17-12-13-20-25-21(18-9-5-4-6-10-18)15-19(27-2)16-23(25)29-26(20)24(17)22-11-7-8-14-28(22)3;1-17-15-19(16-27)24-25-20(18-9-4-3-5-10-18)11-8-13-22(25)29-26(24)23(17)21-12-6-7-14-28(21)2/h3*4-16H,1,3H3;3-15H,1-2H3/q4*+1. The number of para-hydroxylation sites is 1. The Morgan fingerprint density at radius 2 is 0.707 bits per heavy atom. The van der Waals surface area contributed by atoms with Crippen molar-refractivity contribution in [3.8, 4) is 95.6 Å². The predicted molar refractivity (Wildman–Crippen MR) is 466 cm³/mol. The third-order valence-electron chi connectivity index (χ3n) is 21.9. The minimum Gasteiger partial charge on any atom is -0.466 e. The van der Waals surface area contributed by atoms with Gasteiger partial charge in [0.25, 0.3) is 0 Å². The van der Waals surface area contributed by atoms with E-state index in [2.05, 4.69) is 181 Å². The first kappa shape index (κ1) is 73.2. The Balaban J connectivity index is 0.000000111. The van der Waals surface area contributed by atoms with Crippen LogP contribution in [0.5, 0.6) is 0 Å². The van der Waals surface area contributed by atoms with Crippen LogP contribution in [0.3, 0.4) is 0 Å². The number of furan rings is 4. The van der Waals surface area contributed by atoms with Crippen molar-refractivity contribution in [2.45, 2.75) is 27.7 Å². The average Bonchev–Trinajstić information content (AvgIpc) is 1.59. The molecule has 552 valence electrons. The van der Waals surface area contributed by atoms with Gasteiger partial charge >= 0.3 is 0 Å². The quantitative estimate of drug-likeness (QED) is 0.111. The zero-order valence-corrected chi connectivity index (χ0v) is 65.2. The molecule has 0 aliphatic rings. The van der Waals surface area contributed by atoms with E-state index in [9.17, 15) is 5.26 Å². The summed E-state index contributed by atoms with van der Waals surface area (Å²) in [7, 11) is 8.15. The van der Waals surface area contributed by atoms with Crippen molar-refractivity contribution in [1.29, 1.82) is 5.26 Å². The van der Waals surface area contributed by atoms with E-state index in [4.69, 9.17) is 37.4 Å². The minimum absolute atomic E-state index is 0.541. The summed E-state index contributed by atoms with van der Waals surface area (Å²) in [5.74, 6) is 0. The van der Waals surface area contributed by atoms with Crippen LogP contribution >= 0.6 is 0 Å². The van der Waals surface area contributed by atoms with Gasteiger partial charge in [-0.25, -0.2) is 32.8 Å². The summed E-state index contributed by atoms with van der Waals surface area (Å²) in [6, 6.07) is 100. The Morgan fingerprint density at radius 1 is 0.284 bits per heavy atom. The molecule has 0 unspecified atom stereocenters. The van der Waals surface area contributed by atoms with Crippen LogP contribution in [0.4, 0.5) is 17.1 Å². The van der Waals surface area contributed by atoms with E-state index in [1.54, 1.807) is 0 Å². The lowest BCUT2D eigenvalue weighted by molar-refractivity contribution is -0.660. The van der Waals surface area contributed by atoms with Gasteiger partial charge in [0.2, 0.25) is 28.5 Å². The van der Waals surface area contributed by atoms with Crippen LogP contribution in [0, 0.1) is 58.7 Å². The average molecular weight is 1500 g/mol. The zero-order valence-electron chi connectivity index (χ0n) is 65.2. The number of fused-ring (bicyclic) bond motifs is 12. The molecule has 20 aromatic rings. The summed E-state index contributed by atoms with van der Waals surface area (Å²) in [5, 5.41) is 18.0. The summed E-state index contributed by atoms with van der Waals surface area (Å²) in [4.78, 5) is 11.2. The van der Waals surface area contributed by atoms with Crippen molar-refractivity contribution in [1.82, 2.24) is 0 Å². The van der Waals surface area contributed by atoms with Crippen LogP contribution < -0.4 is 18.3 Å². The first-order chi connectivity index (χ1) is 56.7. The summed E-state index contributed by atoms with van der Waals surface area (Å²) >= 11 is 0. The van der Waals surface area contributed by atoms with Crippen molar-refractivity contribution in [3.05, 3.63) is 378 Å². The topological polar surface area (TPSA) is 105 Å². The second-order valence-corrected chi connectivity index (χ2v) is 29.0. The van der Waals surface area contributed by atoms with E-state index >= 15 is 0 Å². The number of aromatic nitrogens is 4.